The van der Waals surface area contributed by atoms with Crippen molar-refractivity contribution in [1.29, 1.82) is 0 Å². The molecule has 0 unspecified atom stereocenters. The molecular formula is C22H16ClFN2O. The zero-order chi connectivity index (χ0) is 18.8. The number of fused-ring (bicyclic) bond motifs is 1. The average molecular weight is 379 g/mol. The first-order valence-corrected chi connectivity index (χ1v) is 8.97. The van der Waals surface area contributed by atoms with Crippen molar-refractivity contribution in [3.8, 4) is 0 Å². The van der Waals surface area contributed by atoms with E-state index in [1.807, 2.05) is 30.3 Å². The third-order valence-corrected chi connectivity index (χ3v) is 4.72. The third-order valence-electron chi connectivity index (χ3n) is 4.48. The van der Waals surface area contributed by atoms with E-state index in [0.29, 0.717) is 34.0 Å². The Morgan fingerprint density at radius 2 is 1.70 bits per heavy atom. The summed E-state index contributed by atoms with van der Waals surface area (Å²) >= 11 is 6.16. The molecule has 0 spiro atoms. The van der Waals surface area contributed by atoms with Gasteiger partial charge in [-0.25, -0.2) is 4.39 Å². The van der Waals surface area contributed by atoms with Crippen LogP contribution in [0.3, 0.4) is 0 Å². The van der Waals surface area contributed by atoms with E-state index in [9.17, 15) is 9.18 Å². The van der Waals surface area contributed by atoms with Crippen LogP contribution in [-0.4, -0.2) is 17.7 Å². The second-order valence-corrected chi connectivity index (χ2v) is 6.78. The SMILES string of the molecule is O=C1Nc2ccc(Cl)cc2C(c2ccccc2F)=N[C@H]1Cc1ccccc1. The van der Waals surface area contributed by atoms with Crippen LogP contribution in [0.5, 0.6) is 0 Å². The van der Waals surface area contributed by atoms with Crippen LogP contribution < -0.4 is 5.32 Å². The fraction of sp³-hybridized carbons (Fsp3) is 0.0909. The first kappa shape index (κ1) is 17.4. The van der Waals surface area contributed by atoms with E-state index >= 15 is 0 Å². The van der Waals surface area contributed by atoms with E-state index < -0.39 is 11.9 Å². The number of nitrogens with one attached hydrogen (secondary N) is 1. The first-order chi connectivity index (χ1) is 13.1. The molecule has 27 heavy (non-hydrogen) atoms. The Hall–Kier alpha value is -2.98. The Kier molecular flexibility index (Phi) is 4.73. The van der Waals surface area contributed by atoms with Crippen molar-refractivity contribution in [3.63, 3.8) is 0 Å². The van der Waals surface area contributed by atoms with Gasteiger partial charge in [-0.2, -0.15) is 0 Å². The van der Waals surface area contributed by atoms with Gasteiger partial charge < -0.3 is 5.32 Å². The largest absolute Gasteiger partial charge is 0.324 e. The van der Waals surface area contributed by atoms with Crippen LogP contribution in [0.4, 0.5) is 10.1 Å². The summed E-state index contributed by atoms with van der Waals surface area (Å²) in [5.74, 6) is -0.622. The van der Waals surface area contributed by atoms with Crippen molar-refractivity contribution in [2.75, 3.05) is 5.32 Å². The number of benzene rings is 3. The van der Waals surface area contributed by atoms with Crippen LogP contribution in [0.2, 0.25) is 5.02 Å². The van der Waals surface area contributed by atoms with Crippen LogP contribution in [0, 0.1) is 5.82 Å². The quantitative estimate of drug-likeness (QED) is 0.693. The normalized spacial score (nSPS) is 16.1. The minimum absolute atomic E-state index is 0.228. The number of halogens is 2. The van der Waals surface area contributed by atoms with Crippen LogP contribution in [0.1, 0.15) is 16.7 Å². The lowest BCUT2D eigenvalue weighted by Gasteiger charge is -2.11. The zero-order valence-electron chi connectivity index (χ0n) is 14.3. The van der Waals surface area contributed by atoms with E-state index in [-0.39, 0.29) is 5.91 Å². The molecule has 1 heterocycles. The number of rotatable bonds is 3. The molecule has 4 rings (SSSR count). The maximum atomic E-state index is 14.5. The van der Waals surface area contributed by atoms with Crippen LogP contribution in [-0.2, 0) is 11.2 Å². The second kappa shape index (κ2) is 7.33. The second-order valence-electron chi connectivity index (χ2n) is 6.34. The number of hydrogen-bond acceptors (Lipinski definition) is 2. The summed E-state index contributed by atoms with van der Waals surface area (Å²) in [6.07, 6.45) is 0.423. The molecule has 1 aliphatic rings. The van der Waals surface area contributed by atoms with Gasteiger partial charge in [-0.05, 0) is 35.9 Å². The predicted molar refractivity (Wildman–Crippen MR) is 106 cm³/mol. The molecule has 0 saturated heterocycles. The summed E-state index contributed by atoms with van der Waals surface area (Å²) < 4.78 is 14.5. The molecule has 0 aromatic heterocycles. The number of carbonyl (C=O) groups excluding carboxylic acids is 1. The standard InChI is InChI=1S/C22H16ClFN2O/c23-15-10-11-19-17(13-15)21(16-8-4-5-9-18(16)24)25-20(22(27)26-19)12-14-6-2-1-3-7-14/h1-11,13,20H,12H2,(H,26,27)/t20-/m0/s1. The summed E-state index contributed by atoms with van der Waals surface area (Å²) in [4.78, 5) is 17.5. The molecule has 5 heteroatoms. The molecular weight excluding hydrogens is 363 g/mol. The molecule has 0 saturated carbocycles. The lowest BCUT2D eigenvalue weighted by atomic mass is 10.00. The minimum Gasteiger partial charge on any atom is -0.324 e. The molecule has 0 fully saturated rings. The molecule has 1 aliphatic heterocycles. The fourth-order valence-corrected chi connectivity index (χ4v) is 3.34. The predicted octanol–water partition coefficient (Wildman–Crippen LogP) is 4.88. The molecule has 1 amide bonds. The van der Waals surface area contributed by atoms with Crippen molar-refractivity contribution in [1.82, 2.24) is 0 Å². The van der Waals surface area contributed by atoms with E-state index in [0.717, 1.165) is 5.56 Å². The molecule has 0 aliphatic carbocycles. The smallest absolute Gasteiger partial charge is 0.249 e. The summed E-state index contributed by atoms with van der Waals surface area (Å²) in [5, 5.41) is 3.40. The minimum atomic E-state index is -0.673. The van der Waals surface area contributed by atoms with Crippen molar-refractivity contribution in [3.05, 3.63) is 100 Å². The maximum absolute atomic E-state index is 14.5. The Bertz CT molecular complexity index is 1030. The van der Waals surface area contributed by atoms with Gasteiger partial charge in [-0.1, -0.05) is 54.1 Å². The first-order valence-electron chi connectivity index (χ1n) is 8.59. The maximum Gasteiger partial charge on any atom is 0.249 e. The number of nitrogens with zero attached hydrogens (tertiary/aromatic N) is 1. The molecule has 0 radical (unpaired) electrons. The topological polar surface area (TPSA) is 41.5 Å². The van der Waals surface area contributed by atoms with Gasteiger partial charge >= 0.3 is 0 Å². The molecule has 134 valence electrons. The van der Waals surface area contributed by atoms with Crippen LogP contribution >= 0.6 is 11.6 Å². The number of aliphatic imine (C=N–C) groups is 1. The van der Waals surface area contributed by atoms with E-state index in [1.165, 1.54) is 6.07 Å². The zero-order valence-corrected chi connectivity index (χ0v) is 15.1. The Labute approximate surface area is 161 Å². The number of benzodiazepines with no additional fused rings is 1. The van der Waals surface area contributed by atoms with Crippen LogP contribution in [0.15, 0.2) is 77.8 Å². The number of anilines is 1. The van der Waals surface area contributed by atoms with Gasteiger partial charge in [0.25, 0.3) is 0 Å². The Morgan fingerprint density at radius 3 is 2.48 bits per heavy atom. The monoisotopic (exact) mass is 378 g/mol. The lowest BCUT2D eigenvalue weighted by Crippen LogP contribution is -2.27. The number of hydrogen-bond donors (Lipinski definition) is 1. The van der Waals surface area contributed by atoms with Gasteiger partial charge in [-0.3, -0.25) is 9.79 Å². The van der Waals surface area contributed by atoms with Crippen molar-refractivity contribution in [2.45, 2.75) is 12.5 Å². The molecule has 1 N–H and O–H groups in total. The number of carbonyl (C=O) groups is 1. The molecule has 3 aromatic rings. The molecule has 0 bridgehead atoms. The summed E-state index contributed by atoms with van der Waals surface area (Å²) in [6.45, 7) is 0. The number of amides is 1. The van der Waals surface area contributed by atoms with Gasteiger partial charge in [0.15, 0.2) is 0 Å². The van der Waals surface area contributed by atoms with E-state index in [4.69, 9.17) is 11.6 Å². The summed E-state index contributed by atoms with van der Waals surface area (Å²) in [6, 6.07) is 20.5. The highest BCUT2D eigenvalue weighted by Gasteiger charge is 2.27. The molecule has 3 aromatic carbocycles. The fourth-order valence-electron chi connectivity index (χ4n) is 3.17. The highest BCUT2D eigenvalue weighted by Crippen LogP contribution is 2.28. The van der Waals surface area contributed by atoms with Crippen LogP contribution in [0.25, 0.3) is 0 Å². The van der Waals surface area contributed by atoms with Gasteiger partial charge in [0, 0.05) is 22.6 Å². The Morgan fingerprint density at radius 1 is 0.963 bits per heavy atom. The average Bonchev–Trinajstić information content (AvgIpc) is 2.80. The van der Waals surface area contributed by atoms with E-state index in [1.54, 1.807) is 36.4 Å². The lowest BCUT2D eigenvalue weighted by molar-refractivity contribution is -0.117. The van der Waals surface area contributed by atoms with Gasteiger partial charge in [-0.15, -0.1) is 0 Å². The van der Waals surface area contributed by atoms with E-state index in [2.05, 4.69) is 10.3 Å². The van der Waals surface area contributed by atoms with Gasteiger partial charge in [0.05, 0.1) is 11.4 Å². The molecule has 1 atom stereocenters. The van der Waals surface area contributed by atoms with Gasteiger partial charge in [0.2, 0.25) is 5.91 Å². The highest BCUT2D eigenvalue weighted by atomic mass is 35.5. The Balaban J connectivity index is 1.86. The highest BCUT2D eigenvalue weighted by molar-refractivity contribution is 6.32. The van der Waals surface area contributed by atoms with Crippen molar-refractivity contribution >= 4 is 28.9 Å². The van der Waals surface area contributed by atoms with Gasteiger partial charge in [0.1, 0.15) is 11.9 Å². The van der Waals surface area contributed by atoms with Crippen molar-refractivity contribution in [2.24, 2.45) is 4.99 Å². The third kappa shape index (κ3) is 3.62. The van der Waals surface area contributed by atoms with Crippen molar-refractivity contribution < 1.29 is 9.18 Å². The summed E-state index contributed by atoms with van der Waals surface area (Å²) in [7, 11) is 0. The summed E-state index contributed by atoms with van der Waals surface area (Å²) in [5.41, 5.74) is 2.93. The molecule has 3 nitrogen and oxygen atoms in total.